The highest BCUT2D eigenvalue weighted by Crippen LogP contribution is 2.19. The van der Waals surface area contributed by atoms with Gasteiger partial charge in [0.1, 0.15) is 5.82 Å². The highest BCUT2D eigenvalue weighted by atomic mass is 127. The van der Waals surface area contributed by atoms with Gasteiger partial charge in [0.25, 0.3) is 0 Å². The minimum absolute atomic E-state index is 0. The van der Waals surface area contributed by atoms with E-state index in [1.54, 1.807) is 7.11 Å². The zero-order valence-corrected chi connectivity index (χ0v) is 18.3. The van der Waals surface area contributed by atoms with Crippen molar-refractivity contribution in [1.82, 2.24) is 15.6 Å². The predicted molar refractivity (Wildman–Crippen MR) is 119 cm³/mol. The molecule has 152 valence electrons. The molecule has 1 heterocycles. The number of ether oxygens (including phenoxy) is 2. The second-order valence-corrected chi connectivity index (χ2v) is 5.90. The van der Waals surface area contributed by atoms with Crippen molar-refractivity contribution in [3.8, 4) is 0 Å². The third-order valence-electron chi connectivity index (χ3n) is 3.91. The van der Waals surface area contributed by atoms with Crippen molar-refractivity contribution in [2.45, 2.75) is 19.8 Å². The van der Waals surface area contributed by atoms with Crippen molar-refractivity contribution in [3.63, 3.8) is 0 Å². The molecule has 0 fully saturated rings. The number of aromatic nitrogens is 1. The lowest BCUT2D eigenvalue weighted by atomic mass is 10.1. The Morgan fingerprint density at radius 2 is 2.07 bits per heavy atom. The van der Waals surface area contributed by atoms with Crippen molar-refractivity contribution >= 4 is 40.8 Å². The maximum Gasteiger partial charge on any atom is 0.191 e. The molecule has 0 amide bonds. The average molecular weight is 492 g/mol. The summed E-state index contributed by atoms with van der Waals surface area (Å²) in [5, 5.41) is 7.63. The normalized spacial score (nSPS) is 11.4. The number of nitrogens with zero attached hydrogens (tertiary/aromatic N) is 1. The SMILES string of the molecule is CCNC(=NCCCOCCOC)NCCc1c[nH]c2cc(F)ccc12.I. The summed E-state index contributed by atoms with van der Waals surface area (Å²) in [7, 11) is 1.66. The van der Waals surface area contributed by atoms with E-state index >= 15 is 0 Å². The molecule has 0 aliphatic carbocycles. The van der Waals surface area contributed by atoms with Gasteiger partial charge >= 0.3 is 0 Å². The first-order valence-corrected chi connectivity index (χ1v) is 9.09. The van der Waals surface area contributed by atoms with Crippen LogP contribution in [-0.4, -0.2) is 57.5 Å². The summed E-state index contributed by atoms with van der Waals surface area (Å²) in [6.45, 7) is 6.22. The zero-order chi connectivity index (χ0) is 18.6. The summed E-state index contributed by atoms with van der Waals surface area (Å²) < 4.78 is 23.6. The Labute approximate surface area is 177 Å². The first kappa shape index (κ1) is 23.6. The Balaban J connectivity index is 0.00000364. The molecule has 1 aromatic heterocycles. The molecule has 0 saturated carbocycles. The number of guanidine groups is 1. The minimum Gasteiger partial charge on any atom is -0.382 e. The van der Waals surface area contributed by atoms with E-state index in [-0.39, 0.29) is 29.8 Å². The van der Waals surface area contributed by atoms with Gasteiger partial charge in [-0.25, -0.2) is 4.39 Å². The van der Waals surface area contributed by atoms with E-state index in [9.17, 15) is 4.39 Å². The van der Waals surface area contributed by atoms with E-state index in [1.165, 1.54) is 12.1 Å². The predicted octanol–water partition coefficient (Wildman–Crippen LogP) is 3.08. The molecule has 27 heavy (non-hydrogen) atoms. The van der Waals surface area contributed by atoms with E-state index in [1.807, 2.05) is 19.2 Å². The number of halogens is 2. The second-order valence-electron chi connectivity index (χ2n) is 5.90. The smallest absolute Gasteiger partial charge is 0.191 e. The van der Waals surface area contributed by atoms with Crippen molar-refractivity contribution in [2.24, 2.45) is 4.99 Å². The lowest BCUT2D eigenvalue weighted by molar-refractivity contribution is 0.0702. The Kier molecular flexibility index (Phi) is 12.0. The number of hydrogen-bond donors (Lipinski definition) is 3. The molecule has 0 unspecified atom stereocenters. The molecule has 1 aromatic carbocycles. The van der Waals surface area contributed by atoms with E-state index in [4.69, 9.17) is 9.47 Å². The topological polar surface area (TPSA) is 70.7 Å². The molecule has 0 atom stereocenters. The van der Waals surface area contributed by atoms with E-state index in [0.29, 0.717) is 26.4 Å². The molecule has 8 heteroatoms. The van der Waals surface area contributed by atoms with Crippen LogP contribution in [-0.2, 0) is 15.9 Å². The third-order valence-corrected chi connectivity index (χ3v) is 3.91. The Bertz CT molecular complexity index is 693. The Hall–Kier alpha value is -1.39. The van der Waals surface area contributed by atoms with Gasteiger partial charge in [-0.05, 0) is 43.5 Å². The minimum atomic E-state index is -0.225. The van der Waals surface area contributed by atoms with Crippen LogP contribution < -0.4 is 10.6 Å². The largest absolute Gasteiger partial charge is 0.382 e. The van der Waals surface area contributed by atoms with Gasteiger partial charge in [-0.2, -0.15) is 0 Å². The van der Waals surface area contributed by atoms with Gasteiger partial charge in [0.15, 0.2) is 5.96 Å². The Morgan fingerprint density at radius 1 is 1.22 bits per heavy atom. The molecule has 3 N–H and O–H groups in total. The summed E-state index contributed by atoms with van der Waals surface area (Å²) in [6.07, 6.45) is 3.64. The number of nitrogens with one attached hydrogen (secondary N) is 3. The standard InChI is InChI=1S/C19H29FN4O2.HI/c1-3-21-19(22-8-4-10-26-12-11-25-2)23-9-7-15-14-24-18-13-16(20)5-6-17(15)18;/h5-6,13-14,24H,3-4,7-12H2,1-2H3,(H2,21,22,23);1H. The van der Waals surface area contributed by atoms with Crippen molar-refractivity contribution in [2.75, 3.05) is 46.6 Å². The van der Waals surface area contributed by atoms with Crippen LogP contribution in [0.25, 0.3) is 10.9 Å². The van der Waals surface area contributed by atoms with Crippen LogP contribution in [0.5, 0.6) is 0 Å². The fourth-order valence-electron chi connectivity index (χ4n) is 2.62. The average Bonchev–Trinajstić information content (AvgIpc) is 3.03. The summed E-state index contributed by atoms with van der Waals surface area (Å²) in [4.78, 5) is 7.67. The molecule has 6 nitrogen and oxygen atoms in total. The maximum atomic E-state index is 13.3. The van der Waals surface area contributed by atoms with Crippen LogP contribution in [0.2, 0.25) is 0 Å². The number of methoxy groups -OCH3 is 1. The van der Waals surface area contributed by atoms with Crippen LogP contribution in [0.15, 0.2) is 29.4 Å². The lowest BCUT2D eigenvalue weighted by Crippen LogP contribution is -2.38. The fraction of sp³-hybridized carbons (Fsp3) is 0.526. The van der Waals surface area contributed by atoms with Crippen LogP contribution >= 0.6 is 24.0 Å². The molecule has 0 spiro atoms. The molecular weight excluding hydrogens is 462 g/mol. The van der Waals surface area contributed by atoms with Crippen LogP contribution in [0.3, 0.4) is 0 Å². The van der Waals surface area contributed by atoms with Crippen molar-refractivity contribution < 1.29 is 13.9 Å². The summed E-state index contributed by atoms with van der Waals surface area (Å²) in [5.74, 6) is 0.576. The molecule has 2 aromatic rings. The number of aromatic amines is 1. The summed E-state index contributed by atoms with van der Waals surface area (Å²) in [5.41, 5.74) is 1.99. The zero-order valence-electron chi connectivity index (χ0n) is 16.0. The van der Waals surface area contributed by atoms with Crippen LogP contribution in [0.1, 0.15) is 18.9 Å². The second kappa shape index (κ2) is 13.7. The number of rotatable bonds is 11. The van der Waals surface area contributed by atoms with Crippen molar-refractivity contribution in [1.29, 1.82) is 0 Å². The van der Waals surface area contributed by atoms with Gasteiger partial charge in [-0.1, -0.05) is 0 Å². The molecule has 0 aliphatic rings. The molecule has 2 rings (SSSR count). The van der Waals surface area contributed by atoms with Gasteiger partial charge in [-0.3, -0.25) is 4.99 Å². The van der Waals surface area contributed by atoms with Crippen molar-refractivity contribution in [3.05, 3.63) is 35.8 Å². The van der Waals surface area contributed by atoms with E-state index in [0.717, 1.165) is 48.4 Å². The summed E-state index contributed by atoms with van der Waals surface area (Å²) in [6, 6.07) is 4.83. The monoisotopic (exact) mass is 492 g/mol. The van der Waals surface area contributed by atoms with Gasteiger partial charge in [0, 0.05) is 50.5 Å². The molecule has 0 saturated heterocycles. The quantitative estimate of drug-likeness (QED) is 0.195. The van der Waals surface area contributed by atoms with E-state index < -0.39 is 0 Å². The number of hydrogen-bond acceptors (Lipinski definition) is 3. The molecule has 0 radical (unpaired) electrons. The molecule has 0 aliphatic heterocycles. The maximum absolute atomic E-state index is 13.3. The first-order valence-electron chi connectivity index (χ1n) is 9.09. The van der Waals surface area contributed by atoms with Gasteiger partial charge in [0.05, 0.1) is 13.2 Å². The number of H-pyrrole nitrogens is 1. The number of benzene rings is 1. The van der Waals surface area contributed by atoms with Gasteiger partial charge in [0.2, 0.25) is 0 Å². The van der Waals surface area contributed by atoms with E-state index in [2.05, 4.69) is 20.6 Å². The molecule has 0 bridgehead atoms. The van der Waals surface area contributed by atoms with Crippen LogP contribution in [0.4, 0.5) is 4.39 Å². The first-order chi connectivity index (χ1) is 12.7. The van der Waals surface area contributed by atoms with Gasteiger partial charge in [-0.15, -0.1) is 24.0 Å². The highest BCUT2D eigenvalue weighted by molar-refractivity contribution is 14.0. The third kappa shape index (κ3) is 8.44. The Morgan fingerprint density at radius 3 is 2.85 bits per heavy atom. The fourth-order valence-corrected chi connectivity index (χ4v) is 2.62. The van der Waals surface area contributed by atoms with Gasteiger partial charge < -0.3 is 25.1 Å². The molecular formula is C19H30FIN4O2. The highest BCUT2D eigenvalue weighted by Gasteiger charge is 2.05. The van der Waals surface area contributed by atoms with Crippen LogP contribution in [0, 0.1) is 5.82 Å². The lowest BCUT2D eigenvalue weighted by Gasteiger charge is -2.11. The number of fused-ring (bicyclic) bond motifs is 1. The number of aliphatic imine (C=N–C) groups is 1. The summed E-state index contributed by atoms with van der Waals surface area (Å²) >= 11 is 0.